The monoisotopic (exact) mass is 418 g/mol. The third-order valence-corrected chi connectivity index (χ3v) is 8.15. The van der Waals surface area contributed by atoms with E-state index in [1.54, 1.807) is 0 Å². The molecule has 0 unspecified atom stereocenters. The van der Waals surface area contributed by atoms with E-state index in [1.807, 2.05) is 31.7 Å². The van der Waals surface area contributed by atoms with Gasteiger partial charge in [0.25, 0.3) is 5.91 Å². The second-order valence-corrected chi connectivity index (χ2v) is 10.2. The van der Waals surface area contributed by atoms with Crippen LogP contribution < -0.4 is 4.72 Å². The molecule has 4 rings (SSSR count). The van der Waals surface area contributed by atoms with E-state index < -0.39 is 10.0 Å². The summed E-state index contributed by atoms with van der Waals surface area (Å²) in [5, 5.41) is 0.709. The molecule has 1 aromatic carbocycles. The number of rotatable bonds is 4. The maximum atomic E-state index is 13.3. The summed E-state index contributed by atoms with van der Waals surface area (Å²) in [6.45, 7) is 7.01. The van der Waals surface area contributed by atoms with Crippen LogP contribution in [0.2, 0.25) is 0 Å². The molecule has 2 fully saturated rings. The Bertz CT molecular complexity index is 1040. The quantitative estimate of drug-likeness (QED) is 0.807. The highest BCUT2D eigenvalue weighted by molar-refractivity contribution is 7.89. The van der Waals surface area contributed by atoms with Crippen LogP contribution in [-0.4, -0.2) is 38.4 Å². The third kappa shape index (κ3) is 3.70. The predicted molar refractivity (Wildman–Crippen MR) is 113 cm³/mol. The number of sulfonamides is 1. The van der Waals surface area contributed by atoms with E-state index in [2.05, 4.69) is 4.72 Å². The molecule has 29 heavy (non-hydrogen) atoms. The molecule has 6 nitrogen and oxygen atoms in total. The highest BCUT2D eigenvalue weighted by Gasteiger charge is 2.31. The first-order chi connectivity index (χ1) is 13.8. The maximum Gasteiger partial charge on any atom is 0.289 e. The van der Waals surface area contributed by atoms with Crippen molar-refractivity contribution in [3.8, 4) is 0 Å². The molecule has 1 aromatic heterocycles. The number of nitrogens with one attached hydrogen (secondary N) is 1. The summed E-state index contributed by atoms with van der Waals surface area (Å²) in [5.74, 6) is 0.130. The topological polar surface area (TPSA) is 79.6 Å². The van der Waals surface area contributed by atoms with Crippen molar-refractivity contribution in [3.63, 3.8) is 0 Å². The van der Waals surface area contributed by atoms with E-state index in [9.17, 15) is 13.2 Å². The fourth-order valence-electron chi connectivity index (χ4n) is 4.63. The molecule has 1 aliphatic carbocycles. The number of amides is 1. The van der Waals surface area contributed by atoms with Crippen molar-refractivity contribution in [1.82, 2.24) is 9.62 Å². The van der Waals surface area contributed by atoms with E-state index in [-0.39, 0.29) is 22.6 Å². The van der Waals surface area contributed by atoms with Crippen molar-refractivity contribution < 1.29 is 17.6 Å². The third-order valence-electron chi connectivity index (χ3n) is 6.48. The van der Waals surface area contributed by atoms with Crippen LogP contribution in [0.3, 0.4) is 0 Å². The van der Waals surface area contributed by atoms with Gasteiger partial charge in [0.15, 0.2) is 11.3 Å². The number of hydrogen-bond donors (Lipinski definition) is 1. The van der Waals surface area contributed by atoms with Crippen molar-refractivity contribution in [2.24, 2.45) is 0 Å². The molecule has 0 bridgehead atoms. The molecular weight excluding hydrogens is 388 g/mol. The summed E-state index contributed by atoms with van der Waals surface area (Å²) in [6.07, 6.45) is 6.94. The van der Waals surface area contributed by atoms with E-state index in [1.165, 1.54) is 0 Å². The smallest absolute Gasteiger partial charge is 0.289 e. The molecule has 1 aliphatic heterocycles. The Balaban J connectivity index is 1.82. The van der Waals surface area contributed by atoms with Crippen molar-refractivity contribution in [3.05, 3.63) is 28.5 Å². The van der Waals surface area contributed by atoms with Gasteiger partial charge >= 0.3 is 0 Å². The standard InChI is InChI=1S/C22H30N2O4S/c1-14-13-18-16(3)19(22(25)24-11-7-4-8-12-24)28-20(18)21(15(14)2)29(26,27)23-17-9-5-6-10-17/h13,17,23H,4-12H2,1-3H3. The zero-order valence-corrected chi connectivity index (χ0v) is 18.3. The second kappa shape index (κ2) is 7.76. The first-order valence-corrected chi connectivity index (χ1v) is 12.1. The first-order valence-electron chi connectivity index (χ1n) is 10.6. The van der Waals surface area contributed by atoms with Gasteiger partial charge in [-0.2, -0.15) is 0 Å². The molecule has 158 valence electrons. The average Bonchev–Trinajstić information content (AvgIpc) is 3.30. The number of hydrogen-bond acceptors (Lipinski definition) is 4. The fraction of sp³-hybridized carbons (Fsp3) is 0.591. The Kier molecular flexibility index (Phi) is 5.46. The van der Waals surface area contributed by atoms with Crippen molar-refractivity contribution in [2.45, 2.75) is 76.7 Å². The number of fused-ring (bicyclic) bond motifs is 1. The van der Waals surface area contributed by atoms with Crippen LogP contribution in [0.1, 0.15) is 72.2 Å². The Morgan fingerprint density at radius 2 is 1.69 bits per heavy atom. The van der Waals surface area contributed by atoms with Gasteiger partial charge in [-0.05, 0) is 70.1 Å². The molecule has 1 amide bonds. The van der Waals surface area contributed by atoms with Crippen LogP contribution >= 0.6 is 0 Å². The highest BCUT2D eigenvalue weighted by Crippen LogP contribution is 2.36. The van der Waals surface area contributed by atoms with Crippen molar-refractivity contribution in [2.75, 3.05) is 13.1 Å². The van der Waals surface area contributed by atoms with E-state index >= 15 is 0 Å². The number of carbonyl (C=O) groups is 1. The molecule has 1 saturated carbocycles. The lowest BCUT2D eigenvalue weighted by Gasteiger charge is -2.25. The summed E-state index contributed by atoms with van der Waals surface area (Å²) in [7, 11) is -3.75. The van der Waals surface area contributed by atoms with Gasteiger partial charge in [-0.25, -0.2) is 13.1 Å². The number of furan rings is 1. The molecule has 0 radical (unpaired) electrons. The maximum absolute atomic E-state index is 13.3. The second-order valence-electron chi connectivity index (χ2n) is 8.54. The van der Waals surface area contributed by atoms with Gasteiger partial charge in [-0.15, -0.1) is 0 Å². The Morgan fingerprint density at radius 3 is 2.34 bits per heavy atom. The summed E-state index contributed by atoms with van der Waals surface area (Å²) in [5.41, 5.74) is 2.58. The molecule has 2 aliphatic rings. The largest absolute Gasteiger partial charge is 0.449 e. The zero-order valence-electron chi connectivity index (χ0n) is 17.5. The number of carbonyl (C=O) groups excluding carboxylic acids is 1. The van der Waals surface area contributed by atoms with Gasteiger partial charge in [-0.1, -0.05) is 12.8 Å². The van der Waals surface area contributed by atoms with Crippen LogP contribution in [0.15, 0.2) is 15.4 Å². The van der Waals surface area contributed by atoms with E-state index in [4.69, 9.17) is 4.42 Å². The normalized spacial score (nSPS) is 18.7. The van der Waals surface area contributed by atoms with Crippen LogP contribution in [0.4, 0.5) is 0 Å². The molecule has 1 saturated heterocycles. The lowest BCUT2D eigenvalue weighted by atomic mass is 10.0. The lowest BCUT2D eigenvalue weighted by Crippen LogP contribution is -2.35. The zero-order chi connectivity index (χ0) is 20.8. The van der Waals surface area contributed by atoms with E-state index in [0.717, 1.165) is 69.2 Å². The minimum absolute atomic E-state index is 0.0273. The highest BCUT2D eigenvalue weighted by atomic mass is 32.2. The predicted octanol–water partition coefficient (Wildman–Crippen LogP) is 4.21. The molecule has 1 N–H and O–H groups in total. The number of likely N-dealkylation sites (tertiary alicyclic amines) is 1. The number of benzene rings is 1. The summed E-state index contributed by atoms with van der Waals surface area (Å²) < 4.78 is 35.5. The SMILES string of the molecule is Cc1cc2c(C)c(C(=O)N3CCCCC3)oc2c(S(=O)(=O)NC2CCCC2)c1C. The Hall–Kier alpha value is -1.86. The van der Waals surface area contributed by atoms with Gasteiger partial charge in [0.2, 0.25) is 10.0 Å². The molecule has 0 spiro atoms. The van der Waals surface area contributed by atoms with Gasteiger partial charge in [0, 0.05) is 30.1 Å². The molecule has 2 aromatic rings. The summed E-state index contributed by atoms with van der Waals surface area (Å²) in [4.78, 5) is 15.1. The van der Waals surface area contributed by atoms with Crippen LogP contribution in [0.25, 0.3) is 11.0 Å². The van der Waals surface area contributed by atoms with Crippen molar-refractivity contribution in [1.29, 1.82) is 0 Å². The summed E-state index contributed by atoms with van der Waals surface area (Å²) >= 11 is 0. The van der Waals surface area contributed by atoms with Crippen LogP contribution in [-0.2, 0) is 10.0 Å². The average molecular weight is 419 g/mol. The fourth-order valence-corrected chi connectivity index (χ4v) is 6.39. The number of piperidine rings is 1. The van der Waals surface area contributed by atoms with Gasteiger partial charge < -0.3 is 9.32 Å². The van der Waals surface area contributed by atoms with Crippen LogP contribution in [0, 0.1) is 20.8 Å². The number of aryl methyl sites for hydroxylation is 2. The lowest BCUT2D eigenvalue weighted by molar-refractivity contribution is 0.0693. The summed E-state index contributed by atoms with van der Waals surface area (Å²) in [6, 6.07) is 1.91. The number of nitrogens with zero attached hydrogens (tertiary/aromatic N) is 1. The van der Waals surface area contributed by atoms with Gasteiger partial charge in [0.05, 0.1) is 0 Å². The molecule has 0 atom stereocenters. The van der Waals surface area contributed by atoms with Gasteiger partial charge in [-0.3, -0.25) is 4.79 Å². The Morgan fingerprint density at radius 1 is 1.03 bits per heavy atom. The minimum Gasteiger partial charge on any atom is -0.449 e. The molecule has 2 heterocycles. The van der Waals surface area contributed by atoms with Crippen molar-refractivity contribution >= 4 is 26.9 Å². The first kappa shape index (κ1) is 20.4. The van der Waals surface area contributed by atoms with E-state index in [0.29, 0.717) is 16.5 Å². The molecular formula is C22H30N2O4S. The van der Waals surface area contributed by atoms with Gasteiger partial charge in [0.1, 0.15) is 4.90 Å². The molecule has 7 heteroatoms. The van der Waals surface area contributed by atoms with Crippen LogP contribution in [0.5, 0.6) is 0 Å². The minimum atomic E-state index is -3.75. The Labute approximate surface area is 172 Å².